The van der Waals surface area contributed by atoms with E-state index in [1.807, 2.05) is 0 Å². The summed E-state index contributed by atoms with van der Waals surface area (Å²) in [4.78, 5) is 51.2. The van der Waals surface area contributed by atoms with Gasteiger partial charge in [0.15, 0.2) is 0 Å². The maximum Gasteiger partial charge on any atom is 0.337 e. The Morgan fingerprint density at radius 2 is 1.57 bits per heavy atom. The molecule has 0 radical (unpaired) electrons. The number of Topliss-reactive ketones (excluding diaryl/α,β-unsaturated/α-hetero) is 1. The molecule has 1 heterocycles. The number of methoxy groups -OCH3 is 1. The molecule has 0 saturated carbocycles. The number of carbonyl (C=O) groups excluding carboxylic acids is 4. The molecule has 1 atom stereocenters. The molecule has 176 valence electrons. The predicted octanol–water partition coefficient (Wildman–Crippen LogP) is 4.06. The van der Waals surface area contributed by atoms with Crippen LogP contribution in [0.15, 0.2) is 84.4 Å². The number of hydrogen-bond acceptors (Lipinski definition) is 6. The molecule has 0 aromatic heterocycles. The minimum atomic E-state index is -0.977. The third kappa shape index (κ3) is 4.54. The van der Waals surface area contributed by atoms with Gasteiger partial charge in [-0.1, -0.05) is 48.5 Å². The summed E-state index contributed by atoms with van der Waals surface area (Å²) in [5.74, 6) is -2.85. The van der Waals surface area contributed by atoms with Gasteiger partial charge in [-0.15, -0.1) is 0 Å². The number of rotatable bonds is 5. The van der Waals surface area contributed by atoms with Gasteiger partial charge in [0.05, 0.1) is 24.3 Å². The van der Waals surface area contributed by atoms with Gasteiger partial charge in [-0.25, -0.2) is 4.79 Å². The number of nitrogens with one attached hydrogen (secondary N) is 1. The van der Waals surface area contributed by atoms with Crippen molar-refractivity contribution in [3.63, 3.8) is 0 Å². The molecule has 8 heteroatoms. The first-order chi connectivity index (χ1) is 16.8. The number of hydrogen-bond donors (Lipinski definition) is 2. The van der Waals surface area contributed by atoms with Crippen molar-refractivity contribution in [2.24, 2.45) is 0 Å². The Kier molecular flexibility index (Phi) is 6.46. The van der Waals surface area contributed by atoms with Crippen LogP contribution in [0.1, 0.15) is 34.5 Å². The van der Waals surface area contributed by atoms with E-state index in [1.165, 1.54) is 31.1 Å². The van der Waals surface area contributed by atoms with Gasteiger partial charge in [0, 0.05) is 23.9 Å². The lowest BCUT2D eigenvalue weighted by atomic mass is 9.95. The summed E-state index contributed by atoms with van der Waals surface area (Å²) in [6.07, 6.45) is 0. The number of nitrogens with zero attached hydrogens (tertiary/aromatic N) is 1. The van der Waals surface area contributed by atoms with Crippen LogP contribution in [0.25, 0.3) is 5.76 Å². The maximum absolute atomic E-state index is 13.3. The van der Waals surface area contributed by atoms with E-state index in [1.54, 1.807) is 66.7 Å². The summed E-state index contributed by atoms with van der Waals surface area (Å²) >= 11 is 0. The van der Waals surface area contributed by atoms with Crippen LogP contribution in [0, 0.1) is 0 Å². The topological polar surface area (TPSA) is 113 Å². The molecular weight excluding hydrogens is 448 g/mol. The number of aliphatic hydroxyl groups is 1. The second-order valence-corrected chi connectivity index (χ2v) is 7.88. The Labute approximate surface area is 201 Å². The molecule has 3 aromatic rings. The highest BCUT2D eigenvalue weighted by atomic mass is 16.5. The second kappa shape index (κ2) is 9.64. The van der Waals surface area contributed by atoms with E-state index in [4.69, 9.17) is 4.74 Å². The molecule has 2 N–H and O–H groups in total. The number of ether oxygens (including phenoxy) is 1. The van der Waals surface area contributed by atoms with E-state index in [2.05, 4.69) is 5.32 Å². The lowest BCUT2D eigenvalue weighted by Gasteiger charge is -2.26. The first kappa shape index (κ1) is 23.4. The van der Waals surface area contributed by atoms with E-state index >= 15 is 0 Å². The second-order valence-electron chi connectivity index (χ2n) is 7.88. The molecule has 1 aliphatic rings. The summed E-state index contributed by atoms with van der Waals surface area (Å²) in [5.41, 5.74) is 1.85. The molecule has 0 spiro atoms. The van der Waals surface area contributed by atoms with Crippen molar-refractivity contribution in [3.05, 3.63) is 101 Å². The molecule has 0 aliphatic carbocycles. The Morgan fingerprint density at radius 1 is 0.914 bits per heavy atom. The predicted molar refractivity (Wildman–Crippen MR) is 130 cm³/mol. The fraction of sp³-hybridized carbons (Fsp3) is 0.111. The minimum absolute atomic E-state index is 0.0862. The van der Waals surface area contributed by atoms with Gasteiger partial charge in [0.2, 0.25) is 5.91 Å². The van der Waals surface area contributed by atoms with Crippen LogP contribution in [0.2, 0.25) is 0 Å². The molecule has 1 saturated heterocycles. The molecular formula is C27H22N2O6. The van der Waals surface area contributed by atoms with Crippen molar-refractivity contribution in [2.75, 3.05) is 17.3 Å². The van der Waals surface area contributed by atoms with Crippen molar-refractivity contribution in [1.29, 1.82) is 0 Å². The van der Waals surface area contributed by atoms with Gasteiger partial charge in [0.25, 0.3) is 11.7 Å². The van der Waals surface area contributed by atoms with Crippen LogP contribution in [0.4, 0.5) is 11.4 Å². The highest BCUT2D eigenvalue weighted by molar-refractivity contribution is 6.51. The molecule has 1 fully saturated rings. The van der Waals surface area contributed by atoms with Crippen molar-refractivity contribution in [2.45, 2.75) is 13.0 Å². The Balaban J connectivity index is 1.90. The fourth-order valence-corrected chi connectivity index (χ4v) is 4.02. The minimum Gasteiger partial charge on any atom is -0.507 e. The van der Waals surface area contributed by atoms with Gasteiger partial charge in [-0.05, 0) is 35.9 Å². The third-order valence-corrected chi connectivity index (χ3v) is 5.58. The number of anilines is 2. The molecule has 0 bridgehead atoms. The quantitative estimate of drug-likeness (QED) is 0.252. The SMILES string of the molecule is COC(=O)c1cccc(N2C(=O)C(=O)C(=C(O)c3ccccc3)C2c2ccc(NC(C)=O)cc2)c1. The third-order valence-electron chi connectivity index (χ3n) is 5.58. The van der Waals surface area contributed by atoms with E-state index in [9.17, 15) is 24.3 Å². The summed E-state index contributed by atoms with van der Waals surface area (Å²) in [5, 5.41) is 13.8. The number of carbonyl (C=O) groups is 4. The smallest absolute Gasteiger partial charge is 0.337 e. The highest BCUT2D eigenvalue weighted by Crippen LogP contribution is 2.42. The van der Waals surface area contributed by atoms with Crippen molar-refractivity contribution >= 4 is 40.7 Å². The Hall–Kier alpha value is -4.72. The zero-order chi connectivity index (χ0) is 25.1. The summed E-state index contributed by atoms with van der Waals surface area (Å²) in [7, 11) is 1.25. The average molecular weight is 470 g/mol. The first-order valence-corrected chi connectivity index (χ1v) is 10.7. The van der Waals surface area contributed by atoms with Crippen LogP contribution in [-0.2, 0) is 19.1 Å². The van der Waals surface area contributed by atoms with Crippen LogP contribution in [0.3, 0.4) is 0 Å². The van der Waals surface area contributed by atoms with E-state index < -0.39 is 23.7 Å². The molecule has 1 unspecified atom stereocenters. The molecule has 8 nitrogen and oxygen atoms in total. The van der Waals surface area contributed by atoms with Crippen LogP contribution in [0.5, 0.6) is 0 Å². The number of amides is 2. The first-order valence-electron chi connectivity index (χ1n) is 10.7. The number of ketones is 1. The number of esters is 1. The van der Waals surface area contributed by atoms with Crippen molar-refractivity contribution in [1.82, 2.24) is 0 Å². The van der Waals surface area contributed by atoms with E-state index in [0.29, 0.717) is 16.8 Å². The Morgan fingerprint density at radius 3 is 2.20 bits per heavy atom. The number of aliphatic hydroxyl groups excluding tert-OH is 1. The van der Waals surface area contributed by atoms with Crippen LogP contribution < -0.4 is 10.2 Å². The maximum atomic E-state index is 13.3. The van der Waals surface area contributed by atoms with Gasteiger partial charge in [-0.3, -0.25) is 19.3 Å². The zero-order valence-corrected chi connectivity index (χ0v) is 19.0. The highest BCUT2D eigenvalue weighted by Gasteiger charge is 2.47. The number of benzene rings is 3. The lowest BCUT2D eigenvalue weighted by Crippen LogP contribution is -2.29. The molecule has 35 heavy (non-hydrogen) atoms. The summed E-state index contributed by atoms with van der Waals surface area (Å²) < 4.78 is 4.78. The van der Waals surface area contributed by atoms with Gasteiger partial charge >= 0.3 is 5.97 Å². The normalized spacial score (nSPS) is 16.7. The van der Waals surface area contributed by atoms with Gasteiger partial charge < -0.3 is 15.2 Å². The van der Waals surface area contributed by atoms with E-state index in [0.717, 1.165) is 0 Å². The largest absolute Gasteiger partial charge is 0.507 e. The molecule has 1 aliphatic heterocycles. The van der Waals surface area contributed by atoms with Gasteiger partial charge in [-0.2, -0.15) is 0 Å². The summed E-state index contributed by atoms with van der Waals surface area (Å²) in [6, 6.07) is 20.3. The van der Waals surface area contributed by atoms with E-state index in [-0.39, 0.29) is 28.5 Å². The summed E-state index contributed by atoms with van der Waals surface area (Å²) in [6.45, 7) is 1.39. The van der Waals surface area contributed by atoms with Crippen LogP contribution >= 0.6 is 0 Å². The van der Waals surface area contributed by atoms with Crippen LogP contribution in [-0.4, -0.2) is 35.8 Å². The molecule has 3 aromatic carbocycles. The average Bonchev–Trinajstić information content (AvgIpc) is 3.14. The monoisotopic (exact) mass is 470 g/mol. The van der Waals surface area contributed by atoms with Crippen molar-refractivity contribution < 1.29 is 29.0 Å². The molecule has 4 rings (SSSR count). The van der Waals surface area contributed by atoms with Gasteiger partial charge in [0.1, 0.15) is 5.76 Å². The fourth-order valence-electron chi connectivity index (χ4n) is 4.02. The van der Waals surface area contributed by atoms with Crippen molar-refractivity contribution in [3.8, 4) is 0 Å². The Bertz CT molecular complexity index is 1350. The lowest BCUT2D eigenvalue weighted by molar-refractivity contribution is -0.132. The molecule has 2 amide bonds. The standard InChI is InChI=1S/C27H22N2O6/c1-16(30)28-20-13-11-17(12-14-20)23-22(24(31)18-7-4-3-5-8-18)25(32)26(33)29(23)21-10-6-9-19(15-21)27(34)35-2/h3-15,23,31H,1-2H3,(H,28,30). The zero-order valence-electron chi connectivity index (χ0n) is 19.0.